The van der Waals surface area contributed by atoms with Gasteiger partial charge in [-0.2, -0.15) is 0 Å². The lowest BCUT2D eigenvalue weighted by Crippen LogP contribution is -2.43. The Bertz CT molecular complexity index is 481. The van der Waals surface area contributed by atoms with Crippen LogP contribution in [0, 0.1) is 0 Å². The Morgan fingerprint density at radius 1 is 1.37 bits per heavy atom. The maximum Gasteiger partial charge on any atom is 0.233 e. The molecule has 2 fully saturated rings. The number of nitrogens with zero attached hydrogens (tertiary/aromatic N) is 1. The third-order valence-corrected chi connectivity index (χ3v) is 4.66. The molecule has 0 bridgehead atoms. The van der Waals surface area contributed by atoms with E-state index in [9.17, 15) is 9.90 Å². The minimum Gasteiger partial charge on any atom is -0.394 e. The molecule has 3 rings (SSSR count). The highest BCUT2D eigenvalue weighted by Gasteiger charge is 2.54. The Morgan fingerprint density at radius 2 is 2.05 bits per heavy atom. The summed E-state index contributed by atoms with van der Waals surface area (Å²) >= 11 is 5.91. The molecule has 1 aliphatic heterocycles. The zero-order valence-corrected chi connectivity index (χ0v) is 11.6. The highest BCUT2D eigenvalue weighted by atomic mass is 35.5. The fraction of sp³-hybridized carbons (Fsp3) is 0.533. The molecule has 1 aliphatic carbocycles. The summed E-state index contributed by atoms with van der Waals surface area (Å²) in [5.41, 5.74) is 0.716. The van der Waals surface area contributed by atoms with Gasteiger partial charge >= 0.3 is 0 Å². The molecule has 1 N–H and O–H groups in total. The Labute approximate surface area is 118 Å². The quantitative estimate of drug-likeness (QED) is 0.923. The first-order valence-electron chi connectivity index (χ1n) is 6.85. The molecule has 3 nitrogen and oxygen atoms in total. The lowest BCUT2D eigenvalue weighted by Gasteiger charge is -2.28. The zero-order valence-electron chi connectivity index (χ0n) is 10.8. The molecule has 0 aromatic heterocycles. The molecule has 1 heterocycles. The Hall–Kier alpha value is -1.06. The van der Waals surface area contributed by atoms with Gasteiger partial charge in [0, 0.05) is 11.6 Å². The summed E-state index contributed by atoms with van der Waals surface area (Å²) in [5.74, 6) is 0.186. The number of carbonyl (C=O) groups is 1. The van der Waals surface area contributed by atoms with Crippen molar-refractivity contribution in [1.82, 2.24) is 4.90 Å². The molecule has 1 aromatic rings. The van der Waals surface area contributed by atoms with Crippen molar-refractivity contribution in [2.75, 3.05) is 13.2 Å². The summed E-state index contributed by atoms with van der Waals surface area (Å²) in [5, 5.41) is 10.1. The minimum atomic E-state index is -0.345. The van der Waals surface area contributed by atoms with E-state index in [2.05, 4.69) is 0 Å². The van der Waals surface area contributed by atoms with Crippen LogP contribution in [0.15, 0.2) is 24.3 Å². The van der Waals surface area contributed by atoms with Gasteiger partial charge in [0.05, 0.1) is 18.1 Å². The minimum absolute atomic E-state index is 0.0114. The third kappa shape index (κ3) is 2.15. The molecule has 2 aliphatic rings. The van der Waals surface area contributed by atoms with Crippen LogP contribution in [-0.4, -0.2) is 35.1 Å². The van der Waals surface area contributed by atoms with E-state index in [0.717, 1.165) is 37.8 Å². The second-order valence-electron chi connectivity index (χ2n) is 5.57. The summed E-state index contributed by atoms with van der Waals surface area (Å²) in [6, 6.07) is 7.61. The van der Waals surface area contributed by atoms with Gasteiger partial charge in [-0.15, -0.1) is 0 Å². The van der Waals surface area contributed by atoms with Crippen molar-refractivity contribution in [2.45, 2.75) is 37.1 Å². The van der Waals surface area contributed by atoms with E-state index < -0.39 is 0 Å². The van der Waals surface area contributed by atoms with Crippen molar-refractivity contribution < 1.29 is 9.90 Å². The topological polar surface area (TPSA) is 40.5 Å². The molecular weight excluding hydrogens is 262 g/mol. The van der Waals surface area contributed by atoms with Gasteiger partial charge < -0.3 is 10.0 Å². The summed E-state index contributed by atoms with van der Waals surface area (Å²) in [6.07, 6.45) is 3.72. The van der Waals surface area contributed by atoms with Crippen LogP contribution in [0.25, 0.3) is 0 Å². The van der Waals surface area contributed by atoms with Crippen LogP contribution < -0.4 is 0 Å². The number of rotatable bonds is 3. The van der Waals surface area contributed by atoms with Crippen molar-refractivity contribution in [1.29, 1.82) is 0 Å². The van der Waals surface area contributed by atoms with Crippen LogP contribution in [0.3, 0.4) is 0 Å². The molecule has 102 valence electrons. The first-order chi connectivity index (χ1) is 9.17. The highest BCUT2D eigenvalue weighted by Crippen LogP contribution is 2.50. The summed E-state index contributed by atoms with van der Waals surface area (Å²) in [7, 11) is 0. The highest BCUT2D eigenvalue weighted by molar-refractivity contribution is 6.30. The molecule has 4 heteroatoms. The number of carbonyl (C=O) groups excluding carboxylic acids is 1. The molecule has 1 saturated heterocycles. The first kappa shape index (κ1) is 12.9. The number of amides is 1. The molecule has 1 aromatic carbocycles. The summed E-state index contributed by atoms with van der Waals surface area (Å²) < 4.78 is 0. The van der Waals surface area contributed by atoms with E-state index in [1.54, 1.807) is 0 Å². The third-order valence-electron chi connectivity index (χ3n) is 4.40. The van der Waals surface area contributed by atoms with Gasteiger partial charge in [-0.25, -0.2) is 0 Å². The Kier molecular flexibility index (Phi) is 3.27. The molecular formula is C15H18ClNO2. The number of hydrogen-bond donors (Lipinski definition) is 1. The molecule has 1 amide bonds. The van der Waals surface area contributed by atoms with Crippen LogP contribution in [0.4, 0.5) is 0 Å². The molecule has 0 unspecified atom stereocenters. The number of hydrogen-bond acceptors (Lipinski definition) is 2. The van der Waals surface area contributed by atoms with Crippen LogP contribution in [-0.2, 0) is 10.2 Å². The normalized spacial score (nSPS) is 24.5. The number of likely N-dealkylation sites (tertiary alicyclic amines) is 1. The van der Waals surface area contributed by atoms with Gasteiger partial charge in [0.1, 0.15) is 0 Å². The van der Waals surface area contributed by atoms with Crippen molar-refractivity contribution in [3.05, 3.63) is 34.9 Å². The lowest BCUT2D eigenvalue weighted by molar-refractivity contribution is -0.135. The Balaban J connectivity index is 1.84. The lowest BCUT2D eigenvalue weighted by atomic mass is 9.94. The fourth-order valence-electron chi connectivity index (χ4n) is 3.09. The second kappa shape index (κ2) is 4.80. The van der Waals surface area contributed by atoms with E-state index in [1.165, 1.54) is 0 Å². The monoisotopic (exact) mass is 279 g/mol. The fourth-order valence-corrected chi connectivity index (χ4v) is 3.21. The maximum atomic E-state index is 12.8. The zero-order chi connectivity index (χ0) is 13.5. The van der Waals surface area contributed by atoms with E-state index >= 15 is 0 Å². The van der Waals surface area contributed by atoms with Gasteiger partial charge in [0.2, 0.25) is 5.91 Å². The number of aliphatic hydroxyl groups is 1. The molecule has 0 spiro atoms. The van der Waals surface area contributed by atoms with E-state index in [0.29, 0.717) is 5.02 Å². The van der Waals surface area contributed by atoms with Crippen molar-refractivity contribution >= 4 is 17.5 Å². The molecule has 19 heavy (non-hydrogen) atoms. The second-order valence-corrected chi connectivity index (χ2v) is 6.00. The predicted octanol–water partition coefficient (Wildman–Crippen LogP) is 2.35. The molecule has 1 saturated carbocycles. The van der Waals surface area contributed by atoms with Crippen molar-refractivity contribution in [3.8, 4) is 0 Å². The summed E-state index contributed by atoms with van der Waals surface area (Å²) in [6.45, 7) is 0.849. The van der Waals surface area contributed by atoms with Crippen molar-refractivity contribution in [3.63, 3.8) is 0 Å². The number of halogens is 1. The first-order valence-corrected chi connectivity index (χ1v) is 7.23. The van der Waals surface area contributed by atoms with Crippen LogP contribution in [0.5, 0.6) is 0 Å². The van der Waals surface area contributed by atoms with Gasteiger partial charge in [0.15, 0.2) is 0 Å². The van der Waals surface area contributed by atoms with Crippen LogP contribution in [0.2, 0.25) is 5.02 Å². The van der Waals surface area contributed by atoms with Gasteiger partial charge in [0.25, 0.3) is 0 Å². The van der Waals surface area contributed by atoms with Crippen molar-refractivity contribution in [2.24, 2.45) is 0 Å². The predicted molar refractivity (Wildman–Crippen MR) is 74.2 cm³/mol. The van der Waals surface area contributed by atoms with Gasteiger partial charge in [-0.1, -0.05) is 23.7 Å². The average Bonchev–Trinajstić information content (AvgIpc) is 3.09. The van der Waals surface area contributed by atoms with E-state index in [-0.39, 0.29) is 24.0 Å². The van der Waals surface area contributed by atoms with Crippen LogP contribution >= 0.6 is 11.6 Å². The van der Waals surface area contributed by atoms with E-state index in [4.69, 9.17) is 11.6 Å². The average molecular weight is 280 g/mol. The summed E-state index contributed by atoms with van der Waals surface area (Å²) in [4.78, 5) is 14.6. The van der Waals surface area contributed by atoms with Gasteiger partial charge in [-0.05, 0) is 43.4 Å². The largest absolute Gasteiger partial charge is 0.394 e. The number of benzene rings is 1. The smallest absolute Gasteiger partial charge is 0.233 e. The Morgan fingerprint density at radius 3 is 2.63 bits per heavy atom. The molecule has 1 atom stereocenters. The SMILES string of the molecule is O=C(N1CCC[C@@H]1CO)C1(c2ccc(Cl)cc2)CC1. The van der Waals surface area contributed by atoms with E-state index in [1.807, 2.05) is 29.2 Å². The number of aliphatic hydroxyl groups excluding tert-OH is 1. The molecule has 0 radical (unpaired) electrons. The van der Waals surface area contributed by atoms with Crippen LogP contribution in [0.1, 0.15) is 31.2 Å². The standard InChI is InChI=1S/C15H18ClNO2/c16-12-5-3-11(4-6-12)15(7-8-15)14(19)17-9-1-2-13(17)10-18/h3-6,13,18H,1-2,7-10H2/t13-/m1/s1. The maximum absolute atomic E-state index is 12.8. The van der Waals surface area contributed by atoms with Gasteiger partial charge in [-0.3, -0.25) is 4.79 Å².